The standard InChI is InChI=1S/C14H23NOS/c1-11-10-14(16-3)12(2)9-13(11)5-7-15-6-4-8-17/h9-10,15,17H,4-8H2,1-3H3. The summed E-state index contributed by atoms with van der Waals surface area (Å²) >= 11 is 4.19. The summed E-state index contributed by atoms with van der Waals surface area (Å²) in [5.74, 6) is 1.93. The molecule has 0 unspecified atom stereocenters. The SMILES string of the molecule is COc1cc(C)c(CCNCCCS)cc1C. The summed E-state index contributed by atoms with van der Waals surface area (Å²) in [4.78, 5) is 0. The molecule has 3 heteroatoms. The number of hydrogen-bond donors (Lipinski definition) is 2. The molecule has 0 atom stereocenters. The third-order valence-corrected chi connectivity index (χ3v) is 3.25. The van der Waals surface area contributed by atoms with Crippen LogP contribution in [0.1, 0.15) is 23.1 Å². The van der Waals surface area contributed by atoms with E-state index in [-0.39, 0.29) is 0 Å². The molecule has 0 aliphatic heterocycles. The van der Waals surface area contributed by atoms with Crippen molar-refractivity contribution < 1.29 is 4.74 Å². The average molecular weight is 253 g/mol. The van der Waals surface area contributed by atoms with Crippen molar-refractivity contribution in [1.82, 2.24) is 5.32 Å². The maximum absolute atomic E-state index is 5.31. The first kappa shape index (κ1) is 14.4. The van der Waals surface area contributed by atoms with Crippen molar-refractivity contribution in [2.24, 2.45) is 0 Å². The molecule has 2 nitrogen and oxygen atoms in total. The highest BCUT2D eigenvalue weighted by Crippen LogP contribution is 2.22. The average Bonchev–Trinajstić information content (AvgIpc) is 2.32. The Balaban J connectivity index is 2.51. The van der Waals surface area contributed by atoms with Gasteiger partial charge in [-0.05, 0) is 68.3 Å². The Hall–Kier alpha value is -0.670. The van der Waals surface area contributed by atoms with Crippen LogP contribution in [-0.2, 0) is 6.42 Å². The lowest BCUT2D eigenvalue weighted by Crippen LogP contribution is -2.19. The fourth-order valence-electron chi connectivity index (χ4n) is 1.89. The van der Waals surface area contributed by atoms with Crippen molar-refractivity contribution in [3.63, 3.8) is 0 Å². The predicted molar refractivity (Wildman–Crippen MR) is 77.5 cm³/mol. The maximum Gasteiger partial charge on any atom is 0.122 e. The van der Waals surface area contributed by atoms with Gasteiger partial charge in [-0.1, -0.05) is 6.07 Å². The second kappa shape index (κ2) is 7.62. The predicted octanol–water partition coefficient (Wildman–Crippen LogP) is 2.76. The lowest BCUT2D eigenvalue weighted by atomic mass is 10.0. The summed E-state index contributed by atoms with van der Waals surface area (Å²) in [6.07, 6.45) is 2.20. The third kappa shape index (κ3) is 4.60. The van der Waals surface area contributed by atoms with Crippen LogP contribution in [0.5, 0.6) is 5.75 Å². The highest BCUT2D eigenvalue weighted by molar-refractivity contribution is 7.80. The minimum absolute atomic E-state index is 0.952. The molecule has 0 aliphatic carbocycles. The van der Waals surface area contributed by atoms with E-state index in [9.17, 15) is 0 Å². The van der Waals surface area contributed by atoms with Gasteiger partial charge in [0, 0.05) is 0 Å². The van der Waals surface area contributed by atoms with Crippen LogP contribution in [0.2, 0.25) is 0 Å². The summed E-state index contributed by atoms with van der Waals surface area (Å²) in [5, 5.41) is 3.43. The Morgan fingerprint density at radius 1 is 1.18 bits per heavy atom. The van der Waals surface area contributed by atoms with Gasteiger partial charge in [-0.2, -0.15) is 12.6 Å². The zero-order valence-corrected chi connectivity index (χ0v) is 11.9. The molecule has 1 N–H and O–H groups in total. The van der Waals surface area contributed by atoms with Crippen LogP contribution in [-0.4, -0.2) is 26.0 Å². The second-order valence-corrected chi connectivity index (χ2v) is 4.77. The van der Waals surface area contributed by atoms with Crippen molar-refractivity contribution in [2.45, 2.75) is 26.7 Å². The highest BCUT2D eigenvalue weighted by Gasteiger charge is 2.04. The van der Waals surface area contributed by atoms with Gasteiger partial charge in [0.15, 0.2) is 0 Å². The van der Waals surface area contributed by atoms with Crippen molar-refractivity contribution in [3.05, 3.63) is 28.8 Å². The smallest absolute Gasteiger partial charge is 0.122 e. The molecule has 0 amide bonds. The van der Waals surface area contributed by atoms with E-state index < -0.39 is 0 Å². The second-order valence-electron chi connectivity index (χ2n) is 4.33. The van der Waals surface area contributed by atoms with Gasteiger partial charge in [-0.25, -0.2) is 0 Å². The minimum atomic E-state index is 0.952. The molecule has 96 valence electrons. The minimum Gasteiger partial charge on any atom is -0.496 e. The summed E-state index contributed by atoms with van der Waals surface area (Å²) in [7, 11) is 1.72. The van der Waals surface area contributed by atoms with E-state index in [4.69, 9.17) is 4.74 Å². The van der Waals surface area contributed by atoms with Crippen molar-refractivity contribution >= 4 is 12.6 Å². The molecule has 0 aromatic heterocycles. The van der Waals surface area contributed by atoms with Gasteiger partial charge < -0.3 is 10.1 Å². The van der Waals surface area contributed by atoms with Crippen LogP contribution in [0.3, 0.4) is 0 Å². The number of nitrogens with one attached hydrogen (secondary N) is 1. The fourth-order valence-corrected chi connectivity index (χ4v) is 2.05. The van der Waals surface area contributed by atoms with Crippen LogP contribution in [0, 0.1) is 13.8 Å². The van der Waals surface area contributed by atoms with E-state index >= 15 is 0 Å². The van der Waals surface area contributed by atoms with E-state index in [0.29, 0.717) is 0 Å². The molecule has 0 heterocycles. The van der Waals surface area contributed by atoms with E-state index in [2.05, 4.69) is 43.9 Å². The maximum atomic E-state index is 5.31. The Kier molecular flexibility index (Phi) is 6.45. The molecule has 0 fully saturated rings. The first-order valence-electron chi connectivity index (χ1n) is 6.14. The molecule has 0 radical (unpaired) electrons. The Labute approximate surface area is 110 Å². The van der Waals surface area contributed by atoms with Crippen LogP contribution in [0.15, 0.2) is 12.1 Å². The van der Waals surface area contributed by atoms with E-state index in [1.165, 1.54) is 16.7 Å². The third-order valence-electron chi connectivity index (χ3n) is 2.94. The first-order valence-corrected chi connectivity index (χ1v) is 6.78. The van der Waals surface area contributed by atoms with Gasteiger partial charge in [-0.3, -0.25) is 0 Å². The number of methoxy groups -OCH3 is 1. The van der Waals surface area contributed by atoms with Crippen molar-refractivity contribution in [3.8, 4) is 5.75 Å². The van der Waals surface area contributed by atoms with Gasteiger partial charge in [-0.15, -0.1) is 0 Å². The molecular formula is C14H23NOS. The summed E-state index contributed by atoms with van der Waals surface area (Å²) in [6.45, 7) is 6.32. The summed E-state index contributed by atoms with van der Waals surface area (Å²) in [5.41, 5.74) is 3.92. The zero-order valence-electron chi connectivity index (χ0n) is 11.0. The van der Waals surface area contributed by atoms with E-state index in [0.717, 1.165) is 37.4 Å². The summed E-state index contributed by atoms with van der Waals surface area (Å²) < 4.78 is 5.31. The quantitative estimate of drug-likeness (QED) is 0.576. The van der Waals surface area contributed by atoms with Crippen LogP contribution >= 0.6 is 12.6 Å². The lowest BCUT2D eigenvalue weighted by molar-refractivity contribution is 0.411. The van der Waals surface area contributed by atoms with Gasteiger partial charge in [0.2, 0.25) is 0 Å². The Morgan fingerprint density at radius 2 is 1.94 bits per heavy atom. The van der Waals surface area contributed by atoms with Crippen LogP contribution in [0.4, 0.5) is 0 Å². The molecule has 0 aliphatic rings. The molecule has 1 aromatic carbocycles. The molecular weight excluding hydrogens is 230 g/mol. The fraction of sp³-hybridized carbons (Fsp3) is 0.571. The van der Waals surface area contributed by atoms with Crippen molar-refractivity contribution in [1.29, 1.82) is 0 Å². The molecule has 0 saturated carbocycles. The number of ether oxygens (including phenoxy) is 1. The Morgan fingerprint density at radius 3 is 2.59 bits per heavy atom. The normalized spacial score (nSPS) is 10.6. The highest BCUT2D eigenvalue weighted by atomic mass is 32.1. The number of benzene rings is 1. The van der Waals surface area contributed by atoms with Gasteiger partial charge >= 0.3 is 0 Å². The van der Waals surface area contributed by atoms with Crippen LogP contribution < -0.4 is 10.1 Å². The Bertz CT molecular complexity index is 352. The van der Waals surface area contributed by atoms with Gasteiger partial charge in [0.05, 0.1) is 7.11 Å². The van der Waals surface area contributed by atoms with Gasteiger partial charge in [0.25, 0.3) is 0 Å². The molecule has 17 heavy (non-hydrogen) atoms. The number of hydrogen-bond acceptors (Lipinski definition) is 3. The number of aryl methyl sites for hydroxylation is 2. The van der Waals surface area contributed by atoms with Gasteiger partial charge in [0.1, 0.15) is 5.75 Å². The number of thiol groups is 1. The lowest BCUT2D eigenvalue weighted by Gasteiger charge is -2.11. The topological polar surface area (TPSA) is 21.3 Å². The van der Waals surface area contributed by atoms with Crippen molar-refractivity contribution in [2.75, 3.05) is 26.0 Å². The first-order chi connectivity index (χ1) is 8.19. The zero-order chi connectivity index (χ0) is 12.7. The molecule has 1 rings (SSSR count). The molecule has 1 aromatic rings. The molecule has 0 bridgehead atoms. The molecule has 0 saturated heterocycles. The monoisotopic (exact) mass is 253 g/mol. The largest absolute Gasteiger partial charge is 0.496 e. The van der Waals surface area contributed by atoms with Crippen LogP contribution in [0.25, 0.3) is 0 Å². The molecule has 0 spiro atoms. The summed E-state index contributed by atoms with van der Waals surface area (Å²) in [6, 6.07) is 4.35. The number of rotatable bonds is 7. The van der Waals surface area contributed by atoms with E-state index in [1.807, 2.05) is 0 Å². The van der Waals surface area contributed by atoms with E-state index in [1.54, 1.807) is 7.11 Å².